The summed E-state index contributed by atoms with van der Waals surface area (Å²) >= 11 is 0. The first-order valence-corrected chi connectivity index (χ1v) is 6.41. The Bertz CT molecular complexity index is 621. The molecular formula is C9H13N5O2S. The van der Waals surface area contributed by atoms with Gasteiger partial charge < -0.3 is 4.57 Å². The van der Waals surface area contributed by atoms with Gasteiger partial charge in [-0.2, -0.15) is 13.5 Å². The van der Waals surface area contributed by atoms with Gasteiger partial charge >= 0.3 is 0 Å². The van der Waals surface area contributed by atoms with Crippen molar-refractivity contribution in [1.82, 2.24) is 19.7 Å². The first kappa shape index (κ1) is 11.6. The summed E-state index contributed by atoms with van der Waals surface area (Å²) in [4.78, 5) is 3.81. The van der Waals surface area contributed by atoms with E-state index >= 15 is 0 Å². The lowest BCUT2D eigenvalue weighted by atomic mass is 10.3. The summed E-state index contributed by atoms with van der Waals surface area (Å²) in [5, 5.41) is 6.62. The van der Waals surface area contributed by atoms with Gasteiger partial charge in [-0.05, 0) is 13.8 Å². The maximum Gasteiger partial charge on any atom is 0.281 e. The summed E-state index contributed by atoms with van der Waals surface area (Å²) in [7, 11) is -1.94. The van der Waals surface area contributed by atoms with E-state index in [-0.39, 0.29) is 5.03 Å². The molecule has 0 saturated heterocycles. The molecule has 0 saturated carbocycles. The van der Waals surface area contributed by atoms with Crippen LogP contribution in [-0.2, 0) is 17.1 Å². The Morgan fingerprint density at radius 1 is 1.41 bits per heavy atom. The van der Waals surface area contributed by atoms with Crippen LogP contribution in [0.3, 0.4) is 0 Å². The Morgan fingerprint density at radius 3 is 2.59 bits per heavy atom. The summed E-state index contributed by atoms with van der Waals surface area (Å²) in [6, 6.07) is 0. The average molecular weight is 255 g/mol. The van der Waals surface area contributed by atoms with Crippen molar-refractivity contribution < 1.29 is 8.42 Å². The third-order valence-corrected chi connectivity index (χ3v) is 3.56. The second-order valence-corrected chi connectivity index (χ2v) is 5.42. The molecule has 2 N–H and O–H groups in total. The molecule has 0 aliphatic rings. The number of nitrogens with one attached hydrogen (secondary N) is 2. The topological polar surface area (TPSA) is 92.7 Å². The minimum atomic E-state index is -3.65. The molecule has 0 aromatic carbocycles. The van der Waals surface area contributed by atoms with Crippen LogP contribution < -0.4 is 4.72 Å². The maximum atomic E-state index is 12.0. The lowest BCUT2D eigenvalue weighted by Gasteiger charge is -2.05. The van der Waals surface area contributed by atoms with Crippen LogP contribution in [-0.4, -0.2) is 28.2 Å². The fourth-order valence-corrected chi connectivity index (χ4v) is 2.58. The molecule has 2 heterocycles. The third-order valence-electron chi connectivity index (χ3n) is 2.32. The van der Waals surface area contributed by atoms with Crippen molar-refractivity contribution in [3.05, 3.63) is 23.9 Å². The van der Waals surface area contributed by atoms with Crippen molar-refractivity contribution in [3.8, 4) is 0 Å². The minimum Gasteiger partial charge on any atom is -0.339 e. The number of anilines is 1. The first-order chi connectivity index (χ1) is 7.90. The van der Waals surface area contributed by atoms with Crippen molar-refractivity contribution in [2.45, 2.75) is 18.9 Å². The number of nitrogens with zero attached hydrogens (tertiary/aromatic N) is 3. The average Bonchev–Trinajstić information content (AvgIpc) is 2.80. The van der Waals surface area contributed by atoms with E-state index in [4.69, 9.17) is 0 Å². The van der Waals surface area contributed by atoms with Crippen molar-refractivity contribution in [2.24, 2.45) is 7.05 Å². The van der Waals surface area contributed by atoms with Crippen molar-refractivity contribution in [1.29, 1.82) is 0 Å². The SMILES string of the molecule is Cc1n[nH]c(C)c1NS(=O)(=O)c1cn(C)cn1. The van der Waals surface area contributed by atoms with Crippen LogP contribution in [0, 0.1) is 13.8 Å². The van der Waals surface area contributed by atoms with Crippen LogP contribution in [0.4, 0.5) is 5.69 Å². The molecule has 0 fully saturated rings. The summed E-state index contributed by atoms with van der Waals surface area (Å²) in [6.07, 6.45) is 2.87. The highest BCUT2D eigenvalue weighted by atomic mass is 32.2. The first-order valence-electron chi connectivity index (χ1n) is 4.92. The van der Waals surface area contributed by atoms with Gasteiger partial charge in [0.2, 0.25) is 0 Å². The molecule has 0 aliphatic heterocycles. The van der Waals surface area contributed by atoms with E-state index in [1.54, 1.807) is 25.5 Å². The zero-order chi connectivity index (χ0) is 12.6. The molecule has 0 radical (unpaired) electrons. The predicted octanol–water partition coefficient (Wildman–Crippen LogP) is 0.561. The maximum absolute atomic E-state index is 12.0. The van der Waals surface area contributed by atoms with Crippen LogP contribution >= 0.6 is 0 Å². The normalized spacial score (nSPS) is 11.7. The van der Waals surface area contributed by atoms with E-state index in [1.807, 2.05) is 0 Å². The lowest BCUT2D eigenvalue weighted by Crippen LogP contribution is -2.14. The Labute approximate surface area is 98.9 Å². The van der Waals surface area contributed by atoms with Crippen LogP contribution in [0.5, 0.6) is 0 Å². The van der Waals surface area contributed by atoms with Gasteiger partial charge in [0, 0.05) is 13.2 Å². The summed E-state index contributed by atoms with van der Waals surface area (Å²) < 4.78 is 28.0. The second kappa shape index (κ2) is 3.88. The monoisotopic (exact) mass is 255 g/mol. The van der Waals surface area contributed by atoms with E-state index < -0.39 is 10.0 Å². The van der Waals surface area contributed by atoms with Crippen LogP contribution in [0.15, 0.2) is 17.6 Å². The molecule has 0 spiro atoms. The largest absolute Gasteiger partial charge is 0.339 e. The van der Waals surface area contributed by atoms with E-state index in [0.29, 0.717) is 17.1 Å². The molecule has 8 heteroatoms. The number of sulfonamides is 1. The van der Waals surface area contributed by atoms with Gasteiger partial charge in [0.15, 0.2) is 5.03 Å². The molecule has 0 bridgehead atoms. The Balaban J connectivity index is 2.36. The Kier molecular flexibility index (Phi) is 2.66. The van der Waals surface area contributed by atoms with Gasteiger partial charge in [0.1, 0.15) is 0 Å². The third kappa shape index (κ3) is 2.16. The van der Waals surface area contributed by atoms with E-state index in [1.165, 1.54) is 12.5 Å². The zero-order valence-electron chi connectivity index (χ0n) is 9.72. The van der Waals surface area contributed by atoms with E-state index in [9.17, 15) is 8.42 Å². The Hall–Kier alpha value is -1.83. The molecule has 0 atom stereocenters. The molecule has 7 nitrogen and oxygen atoms in total. The predicted molar refractivity (Wildman–Crippen MR) is 62.1 cm³/mol. The fourth-order valence-electron chi connectivity index (χ4n) is 1.42. The molecule has 17 heavy (non-hydrogen) atoms. The molecule has 2 rings (SSSR count). The highest BCUT2D eigenvalue weighted by Crippen LogP contribution is 2.20. The molecule has 0 aliphatic carbocycles. The van der Waals surface area contributed by atoms with Crippen LogP contribution in [0.1, 0.15) is 11.4 Å². The van der Waals surface area contributed by atoms with Crippen molar-refractivity contribution in [3.63, 3.8) is 0 Å². The molecule has 2 aromatic rings. The number of aryl methyl sites for hydroxylation is 3. The lowest BCUT2D eigenvalue weighted by molar-refractivity contribution is 0.598. The van der Waals surface area contributed by atoms with Crippen molar-refractivity contribution in [2.75, 3.05) is 4.72 Å². The van der Waals surface area contributed by atoms with Gasteiger partial charge in [0.25, 0.3) is 10.0 Å². The van der Waals surface area contributed by atoms with Gasteiger partial charge in [-0.3, -0.25) is 9.82 Å². The standard InChI is InChI=1S/C9H13N5O2S/c1-6-9(7(2)12-11-6)13-17(15,16)8-4-14(3)5-10-8/h4-5,13H,1-3H3,(H,11,12). The zero-order valence-corrected chi connectivity index (χ0v) is 10.5. The number of aromatic nitrogens is 4. The number of imidazole rings is 1. The highest BCUT2D eigenvalue weighted by molar-refractivity contribution is 7.92. The smallest absolute Gasteiger partial charge is 0.281 e. The molecule has 92 valence electrons. The number of rotatable bonds is 3. The van der Waals surface area contributed by atoms with Gasteiger partial charge in [-0.15, -0.1) is 0 Å². The molecular weight excluding hydrogens is 242 g/mol. The van der Waals surface area contributed by atoms with Crippen LogP contribution in [0.25, 0.3) is 0 Å². The summed E-state index contributed by atoms with van der Waals surface area (Å²) in [5.74, 6) is 0. The number of aromatic amines is 1. The second-order valence-electron chi connectivity index (χ2n) is 3.79. The van der Waals surface area contributed by atoms with Gasteiger partial charge in [-0.1, -0.05) is 0 Å². The Morgan fingerprint density at radius 2 is 2.12 bits per heavy atom. The van der Waals surface area contributed by atoms with E-state index in [0.717, 1.165) is 0 Å². The molecule has 0 unspecified atom stereocenters. The fraction of sp³-hybridized carbons (Fsp3) is 0.333. The van der Waals surface area contributed by atoms with Gasteiger partial charge in [0.05, 0.1) is 23.4 Å². The van der Waals surface area contributed by atoms with E-state index in [2.05, 4.69) is 19.9 Å². The molecule has 2 aromatic heterocycles. The molecule has 0 amide bonds. The quantitative estimate of drug-likeness (QED) is 0.838. The van der Waals surface area contributed by atoms with Crippen molar-refractivity contribution >= 4 is 15.7 Å². The number of hydrogen-bond acceptors (Lipinski definition) is 4. The minimum absolute atomic E-state index is 0.0139. The van der Waals surface area contributed by atoms with Crippen LogP contribution in [0.2, 0.25) is 0 Å². The highest BCUT2D eigenvalue weighted by Gasteiger charge is 2.20. The number of H-pyrrole nitrogens is 1. The van der Waals surface area contributed by atoms with Gasteiger partial charge in [-0.25, -0.2) is 4.98 Å². The summed E-state index contributed by atoms with van der Waals surface area (Å²) in [6.45, 7) is 3.47. The summed E-state index contributed by atoms with van der Waals surface area (Å²) in [5.41, 5.74) is 1.74. The number of hydrogen-bond donors (Lipinski definition) is 2.